The molecule has 3 nitrogen and oxygen atoms in total. The van der Waals surface area contributed by atoms with Gasteiger partial charge in [0.05, 0.1) is 12.3 Å². The molecule has 0 unspecified atom stereocenters. The van der Waals surface area contributed by atoms with E-state index in [-0.39, 0.29) is 12.4 Å². The first kappa shape index (κ1) is 8.62. The van der Waals surface area contributed by atoms with Crippen molar-refractivity contribution in [1.29, 1.82) is 0 Å². The van der Waals surface area contributed by atoms with Crippen molar-refractivity contribution < 1.29 is 10.2 Å². The van der Waals surface area contributed by atoms with E-state index in [0.29, 0.717) is 5.69 Å². The van der Waals surface area contributed by atoms with Crippen LogP contribution in [0, 0.1) is 0 Å². The van der Waals surface area contributed by atoms with Gasteiger partial charge in [-0.3, -0.25) is 0 Å². The number of hydrogen-bond acceptors (Lipinski definition) is 3. The van der Waals surface area contributed by atoms with Gasteiger partial charge in [-0.1, -0.05) is 18.2 Å². The quantitative estimate of drug-likeness (QED) is 0.452. The third-order valence-corrected chi connectivity index (χ3v) is 1.47. The molecule has 4 N–H and O–H groups in total. The zero-order chi connectivity index (χ0) is 8.97. The second-order valence-electron chi connectivity index (χ2n) is 2.40. The van der Waals surface area contributed by atoms with Gasteiger partial charge in [0, 0.05) is 0 Å². The number of aliphatic hydroxyl groups excluding tert-OH is 1. The average Bonchev–Trinajstić information content (AvgIpc) is 2.07. The lowest BCUT2D eigenvalue weighted by molar-refractivity contribution is 0.343. The number of aliphatic hydroxyl groups is 1. The SMILES string of the molecule is Nc1cc(C=CCO)ccc1O. The fourth-order valence-electron chi connectivity index (χ4n) is 0.865. The number of phenolic OH excluding ortho intramolecular Hbond substituents is 1. The number of phenols is 1. The van der Waals surface area contributed by atoms with Crippen molar-refractivity contribution in [1.82, 2.24) is 0 Å². The topological polar surface area (TPSA) is 66.5 Å². The number of hydrogen-bond donors (Lipinski definition) is 3. The summed E-state index contributed by atoms with van der Waals surface area (Å²) in [6.07, 6.45) is 3.33. The maximum atomic E-state index is 9.07. The second kappa shape index (κ2) is 3.78. The molecule has 0 saturated carbocycles. The Hall–Kier alpha value is -1.48. The van der Waals surface area contributed by atoms with Crippen molar-refractivity contribution >= 4 is 11.8 Å². The zero-order valence-electron chi connectivity index (χ0n) is 6.57. The summed E-state index contributed by atoms with van der Waals surface area (Å²) in [5, 5.41) is 17.6. The van der Waals surface area contributed by atoms with Crippen LogP contribution in [-0.4, -0.2) is 16.8 Å². The Kier molecular flexibility index (Phi) is 2.71. The monoisotopic (exact) mass is 165 g/mol. The highest BCUT2D eigenvalue weighted by Crippen LogP contribution is 2.20. The van der Waals surface area contributed by atoms with Gasteiger partial charge >= 0.3 is 0 Å². The molecule has 1 aromatic rings. The Morgan fingerprint density at radius 1 is 1.42 bits per heavy atom. The predicted molar refractivity (Wildman–Crippen MR) is 48.6 cm³/mol. The van der Waals surface area contributed by atoms with Crippen molar-refractivity contribution in [2.45, 2.75) is 0 Å². The van der Waals surface area contributed by atoms with Crippen molar-refractivity contribution in [2.24, 2.45) is 0 Å². The van der Waals surface area contributed by atoms with E-state index < -0.39 is 0 Å². The van der Waals surface area contributed by atoms with Gasteiger partial charge in [0.2, 0.25) is 0 Å². The first-order valence-electron chi connectivity index (χ1n) is 3.60. The summed E-state index contributed by atoms with van der Waals surface area (Å²) in [5.74, 6) is 0.0798. The van der Waals surface area contributed by atoms with Crippen LogP contribution in [0.1, 0.15) is 5.56 Å². The molecule has 0 heterocycles. The minimum Gasteiger partial charge on any atom is -0.506 e. The summed E-state index contributed by atoms with van der Waals surface area (Å²) in [6, 6.07) is 4.88. The summed E-state index contributed by atoms with van der Waals surface area (Å²) in [7, 11) is 0. The first-order valence-corrected chi connectivity index (χ1v) is 3.60. The highest BCUT2D eigenvalue weighted by molar-refractivity contribution is 5.61. The molecule has 0 aliphatic rings. The van der Waals surface area contributed by atoms with Gasteiger partial charge in [-0.2, -0.15) is 0 Å². The van der Waals surface area contributed by atoms with E-state index in [1.165, 1.54) is 6.07 Å². The van der Waals surface area contributed by atoms with E-state index in [4.69, 9.17) is 15.9 Å². The maximum Gasteiger partial charge on any atom is 0.138 e. The maximum absolute atomic E-state index is 9.07. The van der Waals surface area contributed by atoms with Crippen LogP contribution in [0.5, 0.6) is 5.75 Å². The Balaban J connectivity index is 2.89. The molecule has 0 saturated heterocycles. The molecule has 3 heteroatoms. The van der Waals surface area contributed by atoms with Crippen molar-refractivity contribution in [3.05, 3.63) is 29.8 Å². The number of rotatable bonds is 2. The summed E-state index contributed by atoms with van der Waals surface area (Å²) >= 11 is 0. The average molecular weight is 165 g/mol. The molecular weight excluding hydrogens is 154 g/mol. The smallest absolute Gasteiger partial charge is 0.138 e. The van der Waals surface area contributed by atoms with Crippen molar-refractivity contribution in [3.8, 4) is 5.75 Å². The standard InChI is InChI=1S/C9H11NO2/c10-8-6-7(2-1-5-11)3-4-9(8)12/h1-4,6,11-12H,5,10H2. The van der Waals surface area contributed by atoms with E-state index in [2.05, 4.69) is 0 Å². The predicted octanol–water partition coefficient (Wildman–Crippen LogP) is 0.980. The van der Waals surface area contributed by atoms with Gasteiger partial charge in [0.15, 0.2) is 0 Å². The molecule has 0 aromatic heterocycles. The van der Waals surface area contributed by atoms with E-state index in [1.807, 2.05) is 0 Å². The van der Waals surface area contributed by atoms with Crippen LogP contribution in [0.25, 0.3) is 6.08 Å². The lowest BCUT2D eigenvalue weighted by atomic mass is 10.2. The number of nitrogen functional groups attached to an aromatic ring is 1. The van der Waals surface area contributed by atoms with Gasteiger partial charge in [-0.25, -0.2) is 0 Å². The van der Waals surface area contributed by atoms with Gasteiger partial charge in [0.25, 0.3) is 0 Å². The molecule has 0 bridgehead atoms. The van der Waals surface area contributed by atoms with Gasteiger partial charge in [-0.15, -0.1) is 0 Å². The minimum absolute atomic E-state index is 0.000775. The molecule has 12 heavy (non-hydrogen) atoms. The Bertz CT molecular complexity index is 295. The van der Waals surface area contributed by atoms with Crippen LogP contribution < -0.4 is 5.73 Å². The van der Waals surface area contributed by atoms with Crippen LogP contribution >= 0.6 is 0 Å². The van der Waals surface area contributed by atoms with Gasteiger partial charge in [0.1, 0.15) is 5.75 Å². The summed E-state index contributed by atoms with van der Waals surface area (Å²) in [4.78, 5) is 0. The molecule has 0 radical (unpaired) electrons. The molecular formula is C9H11NO2. The molecule has 1 rings (SSSR count). The largest absolute Gasteiger partial charge is 0.506 e. The Morgan fingerprint density at radius 3 is 2.75 bits per heavy atom. The van der Waals surface area contributed by atoms with E-state index >= 15 is 0 Å². The molecule has 0 aliphatic carbocycles. The summed E-state index contributed by atoms with van der Waals surface area (Å²) in [6.45, 7) is 0.000775. The van der Waals surface area contributed by atoms with Crippen molar-refractivity contribution in [3.63, 3.8) is 0 Å². The first-order chi connectivity index (χ1) is 5.74. The summed E-state index contributed by atoms with van der Waals surface area (Å²) < 4.78 is 0. The zero-order valence-corrected chi connectivity index (χ0v) is 6.57. The number of anilines is 1. The fourth-order valence-corrected chi connectivity index (χ4v) is 0.865. The minimum atomic E-state index is 0.000775. The lowest BCUT2D eigenvalue weighted by Crippen LogP contribution is -1.85. The molecule has 0 atom stereocenters. The molecule has 0 spiro atoms. The van der Waals surface area contributed by atoms with Gasteiger partial charge in [-0.05, 0) is 17.7 Å². The van der Waals surface area contributed by atoms with Crippen LogP contribution in [0.2, 0.25) is 0 Å². The second-order valence-corrected chi connectivity index (χ2v) is 2.40. The normalized spacial score (nSPS) is 10.8. The van der Waals surface area contributed by atoms with E-state index in [1.54, 1.807) is 24.3 Å². The third kappa shape index (κ3) is 2.00. The Labute approximate surface area is 70.8 Å². The fraction of sp³-hybridized carbons (Fsp3) is 0.111. The van der Waals surface area contributed by atoms with Crippen LogP contribution in [0.3, 0.4) is 0 Å². The van der Waals surface area contributed by atoms with Crippen LogP contribution in [0.4, 0.5) is 5.69 Å². The third-order valence-electron chi connectivity index (χ3n) is 1.47. The lowest BCUT2D eigenvalue weighted by Gasteiger charge is -1.98. The molecule has 0 aliphatic heterocycles. The Morgan fingerprint density at radius 2 is 2.17 bits per heavy atom. The van der Waals surface area contributed by atoms with Gasteiger partial charge < -0.3 is 15.9 Å². The molecule has 1 aromatic carbocycles. The highest BCUT2D eigenvalue weighted by Gasteiger charge is 1.94. The molecule has 0 fully saturated rings. The highest BCUT2D eigenvalue weighted by atomic mass is 16.3. The number of benzene rings is 1. The molecule has 0 amide bonds. The van der Waals surface area contributed by atoms with E-state index in [0.717, 1.165) is 5.56 Å². The summed E-state index contributed by atoms with van der Waals surface area (Å²) in [5.41, 5.74) is 6.65. The van der Waals surface area contributed by atoms with Crippen LogP contribution in [-0.2, 0) is 0 Å². The molecule has 64 valence electrons. The van der Waals surface area contributed by atoms with E-state index in [9.17, 15) is 0 Å². The van der Waals surface area contributed by atoms with Crippen LogP contribution in [0.15, 0.2) is 24.3 Å². The number of nitrogens with two attached hydrogens (primary N) is 1. The number of aromatic hydroxyl groups is 1. The van der Waals surface area contributed by atoms with Crippen molar-refractivity contribution in [2.75, 3.05) is 12.3 Å².